The van der Waals surface area contributed by atoms with Gasteiger partial charge in [0.1, 0.15) is 0 Å². The van der Waals surface area contributed by atoms with Crippen LogP contribution in [-0.4, -0.2) is 23.5 Å². The highest BCUT2D eigenvalue weighted by molar-refractivity contribution is 7.18. The van der Waals surface area contributed by atoms with Gasteiger partial charge in [0.05, 0.1) is 15.2 Å². The second-order valence-electron chi connectivity index (χ2n) is 7.97. The van der Waals surface area contributed by atoms with Crippen molar-refractivity contribution in [2.24, 2.45) is 0 Å². The summed E-state index contributed by atoms with van der Waals surface area (Å²) in [6.07, 6.45) is 1.64. The maximum Gasteiger partial charge on any atom is 0.306 e. The number of aromatic nitrogens is 1. The molecular formula is C23H26N2O3S. The molecule has 5 nitrogen and oxygen atoms in total. The normalized spacial score (nSPS) is 11.4. The average molecular weight is 411 g/mol. The van der Waals surface area contributed by atoms with E-state index in [-0.39, 0.29) is 30.3 Å². The number of amides is 1. The van der Waals surface area contributed by atoms with E-state index in [0.717, 1.165) is 21.6 Å². The van der Waals surface area contributed by atoms with Crippen LogP contribution in [0.3, 0.4) is 0 Å². The number of para-hydroxylation sites is 1. The number of thiazole rings is 1. The number of hydrogen-bond donors (Lipinski definition) is 1. The zero-order chi connectivity index (χ0) is 20.9. The van der Waals surface area contributed by atoms with E-state index in [1.807, 2.05) is 48.5 Å². The molecule has 29 heavy (non-hydrogen) atoms. The number of esters is 1. The summed E-state index contributed by atoms with van der Waals surface area (Å²) in [6, 6.07) is 15.7. The number of nitrogens with zero attached hydrogens (tertiary/aromatic N) is 1. The molecule has 1 amide bonds. The van der Waals surface area contributed by atoms with Crippen molar-refractivity contribution in [3.63, 3.8) is 0 Å². The largest absolute Gasteiger partial charge is 0.456 e. The quantitative estimate of drug-likeness (QED) is 0.550. The van der Waals surface area contributed by atoms with Crippen LogP contribution in [0.15, 0.2) is 48.5 Å². The predicted octanol–water partition coefficient (Wildman–Crippen LogP) is 5.10. The van der Waals surface area contributed by atoms with Crippen molar-refractivity contribution in [1.82, 2.24) is 4.98 Å². The molecule has 0 unspecified atom stereocenters. The standard InChI is InChI=1S/C23H26N2O3S/c1-23(2,3)16-11-13-17(14-12-16)24-20(26)15-28-22(27)10-6-9-21-25-18-7-4-5-8-19(18)29-21/h4-5,7-8,11-14H,6,9-10,15H2,1-3H3,(H,24,26). The van der Waals surface area contributed by atoms with Gasteiger partial charge in [-0.05, 0) is 48.1 Å². The van der Waals surface area contributed by atoms with E-state index >= 15 is 0 Å². The summed E-state index contributed by atoms with van der Waals surface area (Å²) in [6.45, 7) is 6.13. The fourth-order valence-electron chi connectivity index (χ4n) is 2.88. The molecule has 0 aliphatic rings. The van der Waals surface area contributed by atoms with Crippen molar-refractivity contribution in [1.29, 1.82) is 0 Å². The molecule has 0 radical (unpaired) electrons. The number of carbonyl (C=O) groups is 2. The minimum Gasteiger partial charge on any atom is -0.456 e. The zero-order valence-corrected chi connectivity index (χ0v) is 17.8. The average Bonchev–Trinajstić information content (AvgIpc) is 3.09. The van der Waals surface area contributed by atoms with Crippen LogP contribution in [0.4, 0.5) is 5.69 Å². The molecule has 0 atom stereocenters. The maximum atomic E-state index is 12.0. The number of carbonyl (C=O) groups excluding carboxylic acids is 2. The first-order chi connectivity index (χ1) is 13.8. The number of fused-ring (bicyclic) bond motifs is 1. The van der Waals surface area contributed by atoms with Crippen molar-refractivity contribution in [3.8, 4) is 0 Å². The van der Waals surface area contributed by atoms with E-state index in [4.69, 9.17) is 4.74 Å². The molecule has 0 bridgehead atoms. The molecule has 0 saturated carbocycles. The van der Waals surface area contributed by atoms with Crippen LogP contribution in [0.1, 0.15) is 44.2 Å². The summed E-state index contributed by atoms with van der Waals surface area (Å²) >= 11 is 1.64. The second kappa shape index (κ2) is 9.18. The lowest BCUT2D eigenvalue weighted by molar-refractivity contribution is -0.147. The Labute approximate surface area is 175 Å². The SMILES string of the molecule is CC(C)(C)c1ccc(NC(=O)COC(=O)CCCc2nc3ccccc3s2)cc1. The van der Waals surface area contributed by atoms with Gasteiger partial charge in [-0.15, -0.1) is 11.3 Å². The molecule has 0 spiro atoms. The third-order valence-corrected chi connectivity index (χ3v) is 5.60. The molecule has 6 heteroatoms. The van der Waals surface area contributed by atoms with Crippen molar-refractivity contribution in [2.45, 2.75) is 45.4 Å². The summed E-state index contributed by atoms with van der Waals surface area (Å²) in [5.41, 5.74) is 2.93. The summed E-state index contributed by atoms with van der Waals surface area (Å²) < 4.78 is 6.23. The van der Waals surface area contributed by atoms with Crippen LogP contribution in [0.25, 0.3) is 10.2 Å². The van der Waals surface area contributed by atoms with Gasteiger partial charge in [0.15, 0.2) is 6.61 Å². The lowest BCUT2D eigenvalue weighted by Gasteiger charge is -2.19. The first kappa shape index (κ1) is 21.0. The Kier molecular flexibility index (Phi) is 6.64. The molecular weight excluding hydrogens is 384 g/mol. The summed E-state index contributed by atoms with van der Waals surface area (Å²) in [5.74, 6) is -0.711. The lowest BCUT2D eigenvalue weighted by Crippen LogP contribution is -2.21. The van der Waals surface area contributed by atoms with Crippen LogP contribution in [0, 0.1) is 0 Å². The van der Waals surface area contributed by atoms with Crippen molar-refractivity contribution < 1.29 is 14.3 Å². The Morgan fingerprint density at radius 1 is 1.07 bits per heavy atom. The fraction of sp³-hybridized carbons (Fsp3) is 0.348. The highest BCUT2D eigenvalue weighted by Crippen LogP contribution is 2.24. The van der Waals surface area contributed by atoms with E-state index in [9.17, 15) is 9.59 Å². The van der Waals surface area contributed by atoms with E-state index < -0.39 is 0 Å². The number of hydrogen-bond acceptors (Lipinski definition) is 5. The van der Waals surface area contributed by atoms with E-state index in [1.165, 1.54) is 5.56 Å². The van der Waals surface area contributed by atoms with Gasteiger partial charge in [0, 0.05) is 12.1 Å². The molecule has 1 aromatic heterocycles. The Morgan fingerprint density at radius 2 is 1.79 bits per heavy atom. The third-order valence-electron chi connectivity index (χ3n) is 4.51. The van der Waals surface area contributed by atoms with E-state index in [1.54, 1.807) is 11.3 Å². The molecule has 0 aliphatic heterocycles. The molecule has 1 heterocycles. The van der Waals surface area contributed by atoms with Gasteiger partial charge in [0.25, 0.3) is 5.91 Å². The Balaban J connectivity index is 1.38. The van der Waals surface area contributed by atoms with Gasteiger partial charge >= 0.3 is 5.97 Å². The van der Waals surface area contributed by atoms with Gasteiger partial charge in [-0.25, -0.2) is 4.98 Å². The number of ether oxygens (including phenoxy) is 1. The van der Waals surface area contributed by atoms with Crippen LogP contribution in [0.5, 0.6) is 0 Å². The van der Waals surface area contributed by atoms with Gasteiger partial charge < -0.3 is 10.1 Å². The third kappa shape index (κ3) is 6.12. The zero-order valence-electron chi connectivity index (χ0n) is 17.0. The Morgan fingerprint density at radius 3 is 2.48 bits per heavy atom. The second-order valence-corrected chi connectivity index (χ2v) is 9.08. The highest BCUT2D eigenvalue weighted by Gasteiger charge is 2.14. The fourth-order valence-corrected chi connectivity index (χ4v) is 3.89. The Bertz CT molecular complexity index is 954. The van der Waals surface area contributed by atoms with Gasteiger partial charge in [0.2, 0.25) is 0 Å². The Hall–Kier alpha value is -2.73. The predicted molar refractivity (Wildman–Crippen MR) is 117 cm³/mol. The summed E-state index contributed by atoms with van der Waals surface area (Å²) in [5, 5.41) is 3.76. The number of aryl methyl sites for hydroxylation is 1. The first-order valence-corrected chi connectivity index (χ1v) is 10.5. The summed E-state index contributed by atoms with van der Waals surface area (Å²) in [4.78, 5) is 28.4. The van der Waals surface area contributed by atoms with Crippen molar-refractivity contribution >= 4 is 39.1 Å². The van der Waals surface area contributed by atoms with Gasteiger partial charge in [-0.1, -0.05) is 45.0 Å². The molecule has 0 fully saturated rings. The van der Waals surface area contributed by atoms with Crippen LogP contribution in [0.2, 0.25) is 0 Å². The molecule has 3 rings (SSSR count). The first-order valence-electron chi connectivity index (χ1n) is 9.72. The number of nitrogens with one attached hydrogen (secondary N) is 1. The smallest absolute Gasteiger partial charge is 0.306 e. The molecule has 0 saturated heterocycles. The molecule has 0 aliphatic carbocycles. The van der Waals surface area contributed by atoms with Crippen LogP contribution < -0.4 is 5.32 Å². The molecule has 2 aromatic carbocycles. The minimum atomic E-state index is -0.371. The number of rotatable bonds is 7. The van der Waals surface area contributed by atoms with Gasteiger partial charge in [-0.2, -0.15) is 0 Å². The van der Waals surface area contributed by atoms with E-state index in [0.29, 0.717) is 12.1 Å². The highest BCUT2D eigenvalue weighted by atomic mass is 32.1. The molecule has 3 aromatic rings. The van der Waals surface area contributed by atoms with Crippen LogP contribution in [-0.2, 0) is 26.2 Å². The monoisotopic (exact) mass is 410 g/mol. The minimum absolute atomic E-state index is 0.0590. The number of benzene rings is 2. The van der Waals surface area contributed by atoms with Crippen molar-refractivity contribution in [2.75, 3.05) is 11.9 Å². The van der Waals surface area contributed by atoms with E-state index in [2.05, 4.69) is 31.1 Å². The lowest BCUT2D eigenvalue weighted by atomic mass is 9.87. The summed E-state index contributed by atoms with van der Waals surface area (Å²) in [7, 11) is 0. The van der Waals surface area contributed by atoms with Gasteiger partial charge in [-0.3, -0.25) is 9.59 Å². The molecule has 1 N–H and O–H groups in total. The topological polar surface area (TPSA) is 68.3 Å². The van der Waals surface area contributed by atoms with Crippen molar-refractivity contribution in [3.05, 3.63) is 59.1 Å². The number of anilines is 1. The maximum absolute atomic E-state index is 12.0. The molecule has 152 valence electrons. The van der Waals surface area contributed by atoms with Crippen LogP contribution >= 0.6 is 11.3 Å².